The van der Waals surface area contributed by atoms with Crippen LogP contribution in [0.4, 0.5) is 11.4 Å². The molecule has 1 rings (SSSR count). The summed E-state index contributed by atoms with van der Waals surface area (Å²) in [6.45, 7) is 9.60. The number of rotatable bonds is 5. The van der Waals surface area contributed by atoms with Crippen LogP contribution in [0.2, 0.25) is 0 Å². The molecule has 112 valence electrons. The van der Waals surface area contributed by atoms with Crippen molar-refractivity contribution in [1.29, 1.82) is 0 Å². The molecule has 0 aliphatic heterocycles. The summed E-state index contributed by atoms with van der Waals surface area (Å²) in [6, 6.07) is 5.65. The van der Waals surface area contributed by atoms with Gasteiger partial charge in [-0.25, -0.2) is 0 Å². The van der Waals surface area contributed by atoms with E-state index in [-0.39, 0.29) is 16.0 Å². The molecule has 1 unspecified atom stereocenters. The third-order valence-electron chi connectivity index (χ3n) is 3.87. The van der Waals surface area contributed by atoms with Gasteiger partial charge in [0.2, 0.25) is 0 Å². The predicted octanol–water partition coefficient (Wildman–Crippen LogP) is 3.50. The van der Waals surface area contributed by atoms with Crippen molar-refractivity contribution >= 4 is 11.4 Å². The third kappa shape index (κ3) is 3.93. The Hall–Kier alpha value is -1.62. The van der Waals surface area contributed by atoms with Crippen LogP contribution in [-0.2, 0) is 6.54 Å². The molecule has 0 spiro atoms. The van der Waals surface area contributed by atoms with Crippen molar-refractivity contribution in [3.8, 4) is 0 Å². The molecule has 0 aliphatic rings. The average molecular weight is 279 g/mol. The molecular weight excluding hydrogens is 254 g/mol. The van der Waals surface area contributed by atoms with Gasteiger partial charge in [-0.2, -0.15) is 0 Å². The molecule has 1 aromatic carbocycles. The predicted molar refractivity (Wildman–Crippen MR) is 83.0 cm³/mol. The van der Waals surface area contributed by atoms with E-state index in [0.717, 1.165) is 12.1 Å². The topological polar surface area (TPSA) is 58.4 Å². The van der Waals surface area contributed by atoms with E-state index in [2.05, 4.69) is 45.0 Å². The maximum atomic E-state index is 10.9. The quantitative estimate of drug-likeness (QED) is 0.662. The van der Waals surface area contributed by atoms with Crippen molar-refractivity contribution in [3.05, 3.63) is 33.9 Å². The molecule has 1 N–H and O–H groups in total. The minimum Gasteiger partial charge on any atom is -0.383 e. The molecule has 0 heterocycles. The number of nitrogens with zero attached hydrogens (tertiary/aromatic N) is 2. The zero-order valence-corrected chi connectivity index (χ0v) is 13.2. The molecule has 5 nitrogen and oxygen atoms in total. The SMILES string of the molecule is CNc1cc(CN(C)C(C)C(C)(C)C)ccc1[N+](=O)[O-]. The lowest BCUT2D eigenvalue weighted by molar-refractivity contribution is -0.384. The standard InChI is InChI=1S/C15H25N3O2/c1-11(15(2,3)4)17(6)10-12-7-8-14(18(19)20)13(9-12)16-5/h7-9,11,16H,10H2,1-6H3. The van der Waals surface area contributed by atoms with Crippen LogP contribution in [0.3, 0.4) is 0 Å². The van der Waals surface area contributed by atoms with Gasteiger partial charge < -0.3 is 5.32 Å². The maximum absolute atomic E-state index is 10.9. The Bertz CT molecular complexity index is 480. The maximum Gasteiger partial charge on any atom is 0.292 e. The van der Waals surface area contributed by atoms with Gasteiger partial charge in [0.05, 0.1) is 4.92 Å². The van der Waals surface area contributed by atoms with Gasteiger partial charge in [0.1, 0.15) is 5.69 Å². The third-order valence-corrected chi connectivity index (χ3v) is 3.87. The number of benzene rings is 1. The highest BCUT2D eigenvalue weighted by atomic mass is 16.6. The molecular formula is C15H25N3O2. The lowest BCUT2D eigenvalue weighted by Crippen LogP contribution is -2.38. The molecule has 0 aliphatic carbocycles. The molecule has 5 heteroatoms. The molecule has 0 aromatic heterocycles. The fourth-order valence-corrected chi connectivity index (χ4v) is 2.13. The number of hydrogen-bond acceptors (Lipinski definition) is 4. The van der Waals surface area contributed by atoms with E-state index < -0.39 is 0 Å². The Morgan fingerprint density at radius 2 is 2.00 bits per heavy atom. The summed E-state index contributed by atoms with van der Waals surface area (Å²) in [5.41, 5.74) is 1.94. The van der Waals surface area contributed by atoms with Crippen LogP contribution in [0.15, 0.2) is 18.2 Å². The van der Waals surface area contributed by atoms with Gasteiger partial charge in [0, 0.05) is 25.7 Å². The van der Waals surface area contributed by atoms with E-state index in [1.165, 1.54) is 0 Å². The highest BCUT2D eigenvalue weighted by Gasteiger charge is 2.24. The number of hydrogen-bond donors (Lipinski definition) is 1. The van der Waals surface area contributed by atoms with Gasteiger partial charge in [-0.05, 0) is 31.0 Å². The van der Waals surface area contributed by atoms with Crippen molar-refractivity contribution in [2.75, 3.05) is 19.4 Å². The van der Waals surface area contributed by atoms with Crippen LogP contribution >= 0.6 is 0 Å². The summed E-state index contributed by atoms with van der Waals surface area (Å²) in [5, 5.41) is 13.8. The minimum atomic E-state index is -0.364. The fraction of sp³-hybridized carbons (Fsp3) is 0.600. The number of nitro benzene ring substituents is 1. The van der Waals surface area contributed by atoms with Gasteiger partial charge >= 0.3 is 0 Å². The van der Waals surface area contributed by atoms with Crippen LogP contribution < -0.4 is 5.32 Å². The Morgan fingerprint density at radius 3 is 2.45 bits per heavy atom. The Labute approximate surface area is 121 Å². The number of nitrogens with one attached hydrogen (secondary N) is 1. The highest BCUT2D eigenvalue weighted by molar-refractivity contribution is 5.62. The van der Waals surface area contributed by atoms with Crippen LogP contribution in [0.25, 0.3) is 0 Å². The molecule has 0 radical (unpaired) electrons. The van der Waals surface area contributed by atoms with E-state index in [1.807, 2.05) is 12.1 Å². The summed E-state index contributed by atoms with van der Waals surface area (Å²) < 4.78 is 0. The van der Waals surface area contributed by atoms with Crippen LogP contribution in [-0.4, -0.2) is 30.0 Å². The van der Waals surface area contributed by atoms with Crippen molar-refractivity contribution < 1.29 is 4.92 Å². The molecule has 1 aromatic rings. The van der Waals surface area contributed by atoms with E-state index in [1.54, 1.807) is 13.1 Å². The van der Waals surface area contributed by atoms with E-state index in [9.17, 15) is 10.1 Å². The van der Waals surface area contributed by atoms with Gasteiger partial charge in [0.25, 0.3) is 5.69 Å². The Morgan fingerprint density at radius 1 is 1.40 bits per heavy atom. The first-order valence-corrected chi connectivity index (χ1v) is 6.82. The second-order valence-corrected chi connectivity index (χ2v) is 6.32. The number of nitro groups is 1. The molecule has 0 bridgehead atoms. The zero-order valence-electron chi connectivity index (χ0n) is 13.2. The molecule has 0 saturated heterocycles. The van der Waals surface area contributed by atoms with Gasteiger partial charge in [-0.1, -0.05) is 26.8 Å². The van der Waals surface area contributed by atoms with E-state index in [4.69, 9.17) is 0 Å². The van der Waals surface area contributed by atoms with Crippen molar-refractivity contribution in [2.24, 2.45) is 5.41 Å². The fourth-order valence-electron chi connectivity index (χ4n) is 2.13. The molecule has 20 heavy (non-hydrogen) atoms. The van der Waals surface area contributed by atoms with Crippen molar-refractivity contribution in [2.45, 2.75) is 40.3 Å². The summed E-state index contributed by atoms with van der Waals surface area (Å²) >= 11 is 0. The normalized spacial score (nSPS) is 13.3. The van der Waals surface area contributed by atoms with Crippen molar-refractivity contribution in [1.82, 2.24) is 4.90 Å². The Kier molecular flexibility index (Phi) is 5.11. The second-order valence-electron chi connectivity index (χ2n) is 6.32. The molecule has 0 fully saturated rings. The smallest absolute Gasteiger partial charge is 0.292 e. The largest absolute Gasteiger partial charge is 0.383 e. The van der Waals surface area contributed by atoms with Crippen LogP contribution in [0.5, 0.6) is 0 Å². The first-order valence-electron chi connectivity index (χ1n) is 6.82. The first-order chi connectivity index (χ1) is 9.16. The van der Waals surface area contributed by atoms with Gasteiger partial charge in [0.15, 0.2) is 0 Å². The zero-order chi connectivity index (χ0) is 15.5. The summed E-state index contributed by atoms with van der Waals surface area (Å²) in [7, 11) is 3.78. The number of anilines is 1. The highest BCUT2D eigenvalue weighted by Crippen LogP contribution is 2.27. The van der Waals surface area contributed by atoms with Crippen LogP contribution in [0.1, 0.15) is 33.3 Å². The van der Waals surface area contributed by atoms with Gasteiger partial charge in [-0.3, -0.25) is 15.0 Å². The summed E-state index contributed by atoms with van der Waals surface area (Å²) in [4.78, 5) is 12.8. The first kappa shape index (κ1) is 16.4. The summed E-state index contributed by atoms with van der Waals surface area (Å²) in [6.07, 6.45) is 0. The lowest BCUT2D eigenvalue weighted by atomic mass is 9.87. The monoisotopic (exact) mass is 279 g/mol. The Balaban J connectivity index is 2.91. The minimum absolute atomic E-state index is 0.114. The second kappa shape index (κ2) is 6.22. The summed E-state index contributed by atoms with van der Waals surface area (Å²) in [5.74, 6) is 0. The lowest BCUT2D eigenvalue weighted by Gasteiger charge is -2.35. The molecule has 0 saturated carbocycles. The van der Waals surface area contributed by atoms with Crippen molar-refractivity contribution in [3.63, 3.8) is 0 Å². The average Bonchev–Trinajstić information content (AvgIpc) is 2.36. The molecule has 1 atom stereocenters. The van der Waals surface area contributed by atoms with E-state index in [0.29, 0.717) is 11.7 Å². The van der Waals surface area contributed by atoms with Gasteiger partial charge in [-0.15, -0.1) is 0 Å². The van der Waals surface area contributed by atoms with E-state index >= 15 is 0 Å². The molecule has 0 amide bonds. The van der Waals surface area contributed by atoms with Crippen LogP contribution in [0, 0.1) is 15.5 Å².